The van der Waals surface area contributed by atoms with Crippen molar-refractivity contribution in [3.63, 3.8) is 0 Å². The first-order valence-electron chi connectivity index (χ1n) is 5.24. The number of rotatable bonds is 3. The zero-order valence-corrected chi connectivity index (χ0v) is 9.74. The second-order valence-corrected chi connectivity index (χ2v) is 4.09. The van der Waals surface area contributed by atoms with E-state index in [2.05, 4.69) is 10.3 Å². The number of hydrogen-bond donors (Lipinski definition) is 1. The normalized spacial score (nSPS) is 12.6. The van der Waals surface area contributed by atoms with E-state index >= 15 is 0 Å². The molecule has 1 atom stereocenters. The van der Waals surface area contributed by atoms with E-state index in [4.69, 9.17) is 0 Å². The Morgan fingerprint density at radius 1 is 1.33 bits per heavy atom. The van der Waals surface area contributed by atoms with Crippen molar-refractivity contribution in [2.45, 2.75) is 33.7 Å². The summed E-state index contributed by atoms with van der Waals surface area (Å²) in [7, 11) is 0. The van der Waals surface area contributed by atoms with Gasteiger partial charge in [0.25, 0.3) is 0 Å². The first kappa shape index (κ1) is 11.7. The van der Waals surface area contributed by atoms with E-state index in [0.717, 1.165) is 11.4 Å². The van der Waals surface area contributed by atoms with Gasteiger partial charge in [0.15, 0.2) is 0 Å². The summed E-state index contributed by atoms with van der Waals surface area (Å²) in [6.07, 6.45) is 0. The van der Waals surface area contributed by atoms with Gasteiger partial charge in [0.2, 0.25) is 5.91 Å². The summed E-state index contributed by atoms with van der Waals surface area (Å²) in [6.45, 7) is 7.65. The summed E-state index contributed by atoms with van der Waals surface area (Å²) in [5, 5.41) is 2.92. The Balaban J connectivity index is 2.69. The van der Waals surface area contributed by atoms with Gasteiger partial charge in [0.05, 0.1) is 11.7 Å². The molecule has 0 radical (unpaired) electrons. The van der Waals surface area contributed by atoms with Gasteiger partial charge in [0.1, 0.15) is 0 Å². The van der Waals surface area contributed by atoms with Crippen LogP contribution in [-0.4, -0.2) is 10.9 Å². The minimum atomic E-state index is -0.0280. The van der Waals surface area contributed by atoms with E-state index in [0.29, 0.717) is 0 Å². The van der Waals surface area contributed by atoms with Crippen LogP contribution in [0, 0.1) is 12.8 Å². The number of amides is 1. The predicted octanol–water partition coefficient (Wildman–Crippen LogP) is 2.22. The predicted molar refractivity (Wildman–Crippen MR) is 60.4 cm³/mol. The van der Waals surface area contributed by atoms with E-state index in [-0.39, 0.29) is 17.9 Å². The average molecular weight is 206 g/mol. The summed E-state index contributed by atoms with van der Waals surface area (Å²) in [6, 6.07) is 5.80. The molecule has 0 aliphatic heterocycles. The molecule has 3 nitrogen and oxygen atoms in total. The van der Waals surface area contributed by atoms with Crippen molar-refractivity contribution in [3.8, 4) is 0 Å². The van der Waals surface area contributed by atoms with Crippen molar-refractivity contribution in [1.82, 2.24) is 10.3 Å². The molecule has 1 heterocycles. The second-order valence-electron chi connectivity index (χ2n) is 4.09. The summed E-state index contributed by atoms with van der Waals surface area (Å²) in [5.41, 5.74) is 1.88. The highest BCUT2D eigenvalue weighted by atomic mass is 16.1. The van der Waals surface area contributed by atoms with Crippen molar-refractivity contribution < 1.29 is 4.79 Å². The fourth-order valence-electron chi connectivity index (χ4n) is 1.26. The number of carbonyl (C=O) groups is 1. The molecule has 1 N–H and O–H groups in total. The van der Waals surface area contributed by atoms with Gasteiger partial charge in [-0.2, -0.15) is 0 Å². The lowest BCUT2D eigenvalue weighted by atomic mass is 10.1. The summed E-state index contributed by atoms with van der Waals surface area (Å²) in [4.78, 5) is 15.8. The SMILES string of the molecule is Cc1cccc(C(C)NC(=O)C(C)C)n1. The van der Waals surface area contributed by atoms with Crippen molar-refractivity contribution in [2.75, 3.05) is 0 Å². The van der Waals surface area contributed by atoms with Crippen LogP contribution in [0.1, 0.15) is 38.2 Å². The molecule has 0 spiro atoms. The van der Waals surface area contributed by atoms with E-state index in [9.17, 15) is 4.79 Å². The van der Waals surface area contributed by atoms with Crippen LogP contribution in [0.5, 0.6) is 0 Å². The summed E-state index contributed by atoms with van der Waals surface area (Å²) in [5.74, 6) is 0.0723. The second kappa shape index (κ2) is 4.91. The Hall–Kier alpha value is -1.38. The van der Waals surface area contributed by atoms with Gasteiger partial charge in [-0.3, -0.25) is 9.78 Å². The Labute approximate surface area is 90.9 Å². The molecule has 3 heteroatoms. The van der Waals surface area contributed by atoms with Crippen molar-refractivity contribution >= 4 is 5.91 Å². The van der Waals surface area contributed by atoms with Gasteiger partial charge in [0, 0.05) is 11.6 Å². The number of aryl methyl sites for hydroxylation is 1. The minimum Gasteiger partial charge on any atom is -0.348 e. The van der Waals surface area contributed by atoms with Gasteiger partial charge in [-0.25, -0.2) is 0 Å². The number of aromatic nitrogens is 1. The highest BCUT2D eigenvalue weighted by molar-refractivity contribution is 5.78. The van der Waals surface area contributed by atoms with Crippen LogP contribution in [-0.2, 0) is 4.79 Å². The van der Waals surface area contributed by atoms with Crippen LogP contribution in [0.25, 0.3) is 0 Å². The Morgan fingerprint density at radius 3 is 2.53 bits per heavy atom. The highest BCUT2D eigenvalue weighted by Gasteiger charge is 2.12. The Bertz CT molecular complexity index is 347. The van der Waals surface area contributed by atoms with Crippen LogP contribution < -0.4 is 5.32 Å². The topological polar surface area (TPSA) is 42.0 Å². The lowest BCUT2D eigenvalue weighted by molar-refractivity contribution is -0.124. The fourth-order valence-corrected chi connectivity index (χ4v) is 1.26. The lowest BCUT2D eigenvalue weighted by Crippen LogP contribution is -2.30. The average Bonchev–Trinajstić information content (AvgIpc) is 2.17. The zero-order chi connectivity index (χ0) is 11.4. The van der Waals surface area contributed by atoms with Crippen molar-refractivity contribution in [3.05, 3.63) is 29.6 Å². The van der Waals surface area contributed by atoms with Gasteiger partial charge < -0.3 is 5.32 Å². The molecule has 0 aliphatic carbocycles. The Morgan fingerprint density at radius 2 is 2.00 bits per heavy atom. The maximum atomic E-state index is 11.5. The summed E-state index contributed by atoms with van der Waals surface area (Å²) < 4.78 is 0. The molecular weight excluding hydrogens is 188 g/mol. The van der Waals surface area contributed by atoms with Crippen LogP contribution in [0.3, 0.4) is 0 Å². The maximum Gasteiger partial charge on any atom is 0.223 e. The Kier molecular flexibility index (Phi) is 3.83. The third-order valence-electron chi connectivity index (χ3n) is 2.24. The monoisotopic (exact) mass is 206 g/mol. The molecule has 1 aromatic heterocycles. The molecule has 0 saturated carbocycles. The van der Waals surface area contributed by atoms with E-state index in [1.165, 1.54) is 0 Å². The molecule has 0 saturated heterocycles. The number of nitrogens with one attached hydrogen (secondary N) is 1. The highest BCUT2D eigenvalue weighted by Crippen LogP contribution is 2.10. The number of nitrogens with zero attached hydrogens (tertiary/aromatic N) is 1. The molecule has 0 aromatic carbocycles. The zero-order valence-electron chi connectivity index (χ0n) is 9.74. The van der Waals surface area contributed by atoms with E-state index in [1.807, 2.05) is 45.9 Å². The van der Waals surface area contributed by atoms with Gasteiger partial charge >= 0.3 is 0 Å². The molecular formula is C12H18N2O. The van der Waals surface area contributed by atoms with Crippen molar-refractivity contribution in [1.29, 1.82) is 0 Å². The molecule has 0 bridgehead atoms. The summed E-state index contributed by atoms with van der Waals surface area (Å²) >= 11 is 0. The van der Waals surface area contributed by atoms with E-state index in [1.54, 1.807) is 0 Å². The van der Waals surface area contributed by atoms with Gasteiger partial charge in [-0.15, -0.1) is 0 Å². The van der Waals surface area contributed by atoms with Gasteiger partial charge in [-0.1, -0.05) is 19.9 Å². The number of hydrogen-bond acceptors (Lipinski definition) is 2. The third kappa shape index (κ3) is 3.35. The molecule has 82 valence electrons. The third-order valence-corrected chi connectivity index (χ3v) is 2.24. The van der Waals surface area contributed by atoms with Gasteiger partial charge in [-0.05, 0) is 26.0 Å². The standard InChI is InChI=1S/C12H18N2O/c1-8(2)12(15)14-10(4)11-7-5-6-9(3)13-11/h5-8,10H,1-4H3,(H,14,15). The van der Waals surface area contributed by atoms with Crippen LogP contribution in [0.15, 0.2) is 18.2 Å². The largest absolute Gasteiger partial charge is 0.348 e. The molecule has 1 aromatic rings. The lowest BCUT2D eigenvalue weighted by Gasteiger charge is -2.15. The molecule has 1 rings (SSSR count). The first-order chi connectivity index (χ1) is 7.00. The smallest absolute Gasteiger partial charge is 0.223 e. The molecule has 0 fully saturated rings. The first-order valence-corrected chi connectivity index (χ1v) is 5.24. The molecule has 1 amide bonds. The fraction of sp³-hybridized carbons (Fsp3) is 0.500. The number of carbonyl (C=O) groups excluding carboxylic acids is 1. The molecule has 15 heavy (non-hydrogen) atoms. The minimum absolute atomic E-state index is 0.0114. The van der Waals surface area contributed by atoms with Crippen molar-refractivity contribution in [2.24, 2.45) is 5.92 Å². The molecule has 0 aliphatic rings. The van der Waals surface area contributed by atoms with Crippen LogP contribution in [0.2, 0.25) is 0 Å². The molecule has 1 unspecified atom stereocenters. The van der Waals surface area contributed by atoms with E-state index < -0.39 is 0 Å². The quantitative estimate of drug-likeness (QED) is 0.824. The van der Waals surface area contributed by atoms with Crippen LogP contribution >= 0.6 is 0 Å². The maximum absolute atomic E-state index is 11.5. The number of pyridine rings is 1. The van der Waals surface area contributed by atoms with Crippen LogP contribution in [0.4, 0.5) is 0 Å².